The number of esters is 1. The number of anilines is 1. The number of nitrogens with one attached hydrogen (secondary N) is 1. The minimum Gasteiger partial charge on any atom is -0.456 e. The fourth-order valence-corrected chi connectivity index (χ4v) is 3.48. The third-order valence-electron chi connectivity index (χ3n) is 4.04. The zero-order valence-electron chi connectivity index (χ0n) is 15.6. The molecular weight excluding hydrogens is 389 g/mol. The monoisotopic (exact) mass is 409 g/mol. The van der Waals surface area contributed by atoms with Crippen LogP contribution in [0.15, 0.2) is 83.8 Å². The van der Waals surface area contributed by atoms with Crippen LogP contribution in [0.1, 0.15) is 6.42 Å². The Balaban J connectivity index is 1.45. The highest BCUT2D eigenvalue weighted by Crippen LogP contribution is 2.27. The van der Waals surface area contributed by atoms with Gasteiger partial charge in [-0.2, -0.15) is 0 Å². The Morgan fingerprint density at radius 1 is 0.897 bits per heavy atom. The molecule has 0 atom stereocenters. The van der Waals surface area contributed by atoms with Gasteiger partial charge in [0.15, 0.2) is 6.61 Å². The van der Waals surface area contributed by atoms with Gasteiger partial charge in [-0.25, -0.2) is 4.39 Å². The van der Waals surface area contributed by atoms with Gasteiger partial charge in [0.25, 0.3) is 5.91 Å². The van der Waals surface area contributed by atoms with E-state index in [1.807, 2.05) is 48.5 Å². The number of benzene rings is 3. The molecule has 0 unspecified atom stereocenters. The Morgan fingerprint density at radius 2 is 1.59 bits per heavy atom. The van der Waals surface area contributed by atoms with Gasteiger partial charge in [0.05, 0.1) is 6.42 Å². The van der Waals surface area contributed by atoms with Crippen molar-refractivity contribution in [3.63, 3.8) is 0 Å². The first-order valence-electron chi connectivity index (χ1n) is 9.10. The van der Waals surface area contributed by atoms with Gasteiger partial charge in [0.2, 0.25) is 0 Å². The molecule has 29 heavy (non-hydrogen) atoms. The number of rotatable bonds is 8. The summed E-state index contributed by atoms with van der Waals surface area (Å²) in [5.41, 5.74) is 2.54. The highest BCUT2D eigenvalue weighted by Gasteiger charge is 2.11. The summed E-state index contributed by atoms with van der Waals surface area (Å²) in [5.74, 6) is -0.657. The van der Waals surface area contributed by atoms with E-state index < -0.39 is 11.9 Å². The van der Waals surface area contributed by atoms with Crippen LogP contribution < -0.4 is 5.32 Å². The molecule has 1 amide bonds. The van der Waals surface area contributed by atoms with Crippen LogP contribution >= 0.6 is 11.8 Å². The van der Waals surface area contributed by atoms with Gasteiger partial charge in [0, 0.05) is 21.9 Å². The van der Waals surface area contributed by atoms with Crippen LogP contribution in [0.2, 0.25) is 0 Å². The number of amides is 1. The summed E-state index contributed by atoms with van der Waals surface area (Å²) in [7, 11) is 0. The van der Waals surface area contributed by atoms with Crippen LogP contribution in [0.4, 0.5) is 10.1 Å². The standard InChI is InChI=1S/C23H20FNO3S/c24-18-10-12-19(13-11-18)29-15-14-23(27)28-16-22(26)25-21-9-5-4-8-20(21)17-6-2-1-3-7-17/h1-13H,14-16H2,(H,25,26). The van der Waals surface area contributed by atoms with Crippen molar-refractivity contribution in [2.24, 2.45) is 0 Å². The number of para-hydroxylation sites is 1. The maximum atomic E-state index is 12.9. The number of hydrogen-bond donors (Lipinski definition) is 1. The Bertz CT molecular complexity index is 961. The van der Waals surface area contributed by atoms with E-state index in [1.54, 1.807) is 18.2 Å². The summed E-state index contributed by atoms with van der Waals surface area (Å²) < 4.78 is 17.9. The average Bonchev–Trinajstić information content (AvgIpc) is 2.75. The normalized spacial score (nSPS) is 10.4. The van der Waals surface area contributed by atoms with Gasteiger partial charge in [-0.05, 0) is 35.9 Å². The second-order valence-electron chi connectivity index (χ2n) is 6.17. The lowest BCUT2D eigenvalue weighted by atomic mass is 10.0. The molecule has 0 saturated heterocycles. The van der Waals surface area contributed by atoms with Crippen molar-refractivity contribution in [1.29, 1.82) is 0 Å². The maximum Gasteiger partial charge on any atom is 0.307 e. The molecule has 3 rings (SSSR count). The van der Waals surface area contributed by atoms with Crippen LogP contribution in [0.5, 0.6) is 0 Å². The average molecular weight is 409 g/mol. The van der Waals surface area contributed by atoms with Crippen molar-refractivity contribution in [1.82, 2.24) is 0 Å². The van der Waals surface area contributed by atoms with Crippen LogP contribution in [0, 0.1) is 5.82 Å². The van der Waals surface area contributed by atoms with Crippen molar-refractivity contribution in [3.05, 3.63) is 84.7 Å². The van der Waals surface area contributed by atoms with Gasteiger partial charge in [0.1, 0.15) is 5.82 Å². The van der Waals surface area contributed by atoms with E-state index in [9.17, 15) is 14.0 Å². The van der Waals surface area contributed by atoms with Crippen LogP contribution in [-0.2, 0) is 14.3 Å². The topological polar surface area (TPSA) is 55.4 Å². The second kappa shape index (κ2) is 10.4. The van der Waals surface area contributed by atoms with Crippen molar-refractivity contribution in [2.45, 2.75) is 11.3 Å². The van der Waals surface area contributed by atoms with E-state index in [2.05, 4.69) is 5.32 Å². The highest BCUT2D eigenvalue weighted by molar-refractivity contribution is 7.99. The third kappa shape index (κ3) is 6.47. The Hall–Kier alpha value is -3.12. The van der Waals surface area contributed by atoms with E-state index in [-0.39, 0.29) is 18.8 Å². The smallest absolute Gasteiger partial charge is 0.307 e. The summed E-state index contributed by atoms with van der Waals surface area (Å²) in [5, 5.41) is 2.79. The van der Waals surface area contributed by atoms with Gasteiger partial charge in [-0.1, -0.05) is 48.5 Å². The number of ether oxygens (including phenoxy) is 1. The summed E-state index contributed by atoms with van der Waals surface area (Å²) in [4.78, 5) is 24.9. The molecule has 0 bridgehead atoms. The molecule has 4 nitrogen and oxygen atoms in total. The molecule has 1 N–H and O–H groups in total. The molecule has 0 aliphatic rings. The van der Waals surface area contributed by atoms with Crippen LogP contribution in [0.3, 0.4) is 0 Å². The quantitative estimate of drug-likeness (QED) is 0.413. The number of hydrogen-bond acceptors (Lipinski definition) is 4. The van der Waals surface area contributed by atoms with E-state index in [4.69, 9.17) is 4.74 Å². The Morgan fingerprint density at radius 3 is 2.34 bits per heavy atom. The van der Waals surface area contributed by atoms with Crippen molar-refractivity contribution >= 4 is 29.3 Å². The Labute approximate surface area is 173 Å². The molecule has 0 radical (unpaired) electrons. The maximum absolute atomic E-state index is 12.9. The van der Waals surface area contributed by atoms with Gasteiger partial charge < -0.3 is 10.1 Å². The summed E-state index contributed by atoms with van der Waals surface area (Å²) >= 11 is 1.43. The molecule has 3 aromatic rings. The SMILES string of the molecule is O=C(COC(=O)CCSc1ccc(F)cc1)Nc1ccccc1-c1ccccc1. The number of carbonyl (C=O) groups excluding carboxylic acids is 2. The molecular formula is C23H20FNO3S. The zero-order chi connectivity index (χ0) is 20.5. The molecule has 0 aromatic heterocycles. The van der Waals surface area contributed by atoms with Crippen molar-refractivity contribution < 1.29 is 18.7 Å². The van der Waals surface area contributed by atoms with E-state index >= 15 is 0 Å². The van der Waals surface area contributed by atoms with Crippen LogP contribution in [0.25, 0.3) is 11.1 Å². The number of halogens is 1. The largest absolute Gasteiger partial charge is 0.456 e. The van der Waals surface area contributed by atoms with Crippen LogP contribution in [-0.4, -0.2) is 24.2 Å². The predicted octanol–water partition coefficient (Wildman–Crippen LogP) is 5.16. The fourth-order valence-electron chi connectivity index (χ4n) is 2.65. The van der Waals surface area contributed by atoms with E-state index in [1.165, 1.54) is 23.9 Å². The molecule has 148 valence electrons. The van der Waals surface area contributed by atoms with E-state index in [0.717, 1.165) is 16.0 Å². The van der Waals surface area contributed by atoms with Crippen molar-refractivity contribution in [2.75, 3.05) is 17.7 Å². The Kier molecular flexibility index (Phi) is 7.41. The molecule has 0 spiro atoms. The molecule has 0 heterocycles. The van der Waals surface area contributed by atoms with Gasteiger partial charge >= 0.3 is 5.97 Å². The van der Waals surface area contributed by atoms with Gasteiger partial charge in [-0.15, -0.1) is 11.8 Å². The minimum atomic E-state index is -0.453. The second-order valence-corrected chi connectivity index (χ2v) is 7.34. The first-order chi connectivity index (χ1) is 14.1. The first-order valence-corrected chi connectivity index (χ1v) is 10.1. The highest BCUT2D eigenvalue weighted by atomic mass is 32.2. The number of carbonyl (C=O) groups is 2. The fraction of sp³-hybridized carbons (Fsp3) is 0.130. The molecule has 0 saturated carbocycles. The molecule has 0 aliphatic heterocycles. The lowest BCUT2D eigenvalue weighted by molar-refractivity contribution is -0.146. The lowest BCUT2D eigenvalue weighted by Crippen LogP contribution is -2.21. The molecule has 0 fully saturated rings. The van der Waals surface area contributed by atoms with E-state index in [0.29, 0.717) is 11.4 Å². The zero-order valence-corrected chi connectivity index (χ0v) is 16.5. The molecule has 6 heteroatoms. The third-order valence-corrected chi connectivity index (χ3v) is 5.05. The van der Waals surface area contributed by atoms with Gasteiger partial charge in [-0.3, -0.25) is 9.59 Å². The first kappa shape index (κ1) is 20.6. The summed E-state index contributed by atoms with van der Waals surface area (Å²) in [6.45, 7) is -0.344. The number of thioether (sulfide) groups is 1. The minimum absolute atomic E-state index is 0.163. The molecule has 3 aromatic carbocycles. The lowest BCUT2D eigenvalue weighted by Gasteiger charge is -2.11. The van der Waals surface area contributed by atoms with Crippen molar-refractivity contribution in [3.8, 4) is 11.1 Å². The summed E-state index contributed by atoms with van der Waals surface area (Å²) in [6, 6.07) is 23.2. The predicted molar refractivity (Wildman–Crippen MR) is 113 cm³/mol. The molecule has 0 aliphatic carbocycles. The summed E-state index contributed by atoms with van der Waals surface area (Å²) in [6.07, 6.45) is 0.163.